The number of Topliss-reactive ketones (excluding diaryl/α,β-unsaturated/α-hetero) is 1. The number of sulfonamides is 1. The smallest absolute Gasteiger partial charge is 0.354 e. The highest BCUT2D eigenvalue weighted by molar-refractivity contribution is 7.89. The second kappa shape index (κ2) is 10.2. The molecule has 13 heteroatoms. The molecule has 0 bridgehead atoms. The van der Waals surface area contributed by atoms with Crippen molar-refractivity contribution in [3.05, 3.63) is 82.0 Å². The molecule has 1 N–H and O–H groups in total. The molecule has 2 heterocycles. The van der Waals surface area contributed by atoms with E-state index in [-0.39, 0.29) is 53.7 Å². The Morgan fingerprint density at radius 1 is 0.949 bits per heavy atom. The minimum atomic E-state index is -4.58. The van der Waals surface area contributed by atoms with Gasteiger partial charge in [-0.2, -0.15) is 17.5 Å². The van der Waals surface area contributed by atoms with Crippen LogP contribution in [0.2, 0.25) is 5.15 Å². The van der Waals surface area contributed by atoms with E-state index in [1.165, 1.54) is 28.6 Å². The van der Waals surface area contributed by atoms with Crippen LogP contribution >= 0.6 is 11.6 Å². The van der Waals surface area contributed by atoms with Gasteiger partial charge < -0.3 is 10.2 Å². The number of benzene rings is 2. The average molecular weight is 579 g/mol. The summed E-state index contributed by atoms with van der Waals surface area (Å²) in [6.45, 7) is 0.336. The van der Waals surface area contributed by atoms with Gasteiger partial charge in [-0.15, -0.1) is 0 Å². The maximum absolute atomic E-state index is 13.2. The molecule has 204 valence electrons. The second-order valence-corrected chi connectivity index (χ2v) is 11.5. The number of ketones is 1. The van der Waals surface area contributed by atoms with E-state index >= 15 is 0 Å². The normalized spacial score (nSPS) is 16.3. The summed E-state index contributed by atoms with van der Waals surface area (Å²) >= 11 is 5.78. The fourth-order valence-electron chi connectivity index (χ4n) is 4.63. The number of nitrogens with one attached hydrogen (secondary N) is 1. The predicted molar refractivity (Wildman–Crippen MR) is 139 cm³/mol. The third kappa shape index (κ3) is 5.63. The number of rotatable bonds is 5. The molecule has 0 radical (unpaired) electrons. The summed E-state index contributed by atoms with van der Waals surface area (Å²) in [4.78, 5) is 30.0. The van der Waals surface area contributed by atoms with Gasteiger partial charge in [0.1, 0.15) is 11.0 Å². The van der Waals surface area contributed by atoms with E-state index in [0.717, 1.165) is 17.7 Å². The van der Waals surface area contributed by atoms with E-state index in [2.05, 4.69) is 10.3 Å². The van der Waals surface area contributed by atoms with E-state index in [1.54, 1.807) is 23.1 Å². The van der Waals surface area contributed by atoms with Crippen LogP contribution < -0.4 is 10.2 Å². The maximum Gasteiger partial charge on any atom is 0.416 e. The van der Waals surface area contributed by atoms with Gasteiger partial charge in [0.15, 0.2) is 5.78 Å². The van der Waals surface area contributed by atoms with Crippen molar-refractivity contribution < 1.29 is 31.2 Å². The summed E-state index contributed by atoms with van der Waals surface area (Å²) in [5.74, 6) is -0.291. The van der Waals surface area contributed by atoms with Crippen LogP contribution in [0.15, 0.2) is 59.5 Å². The predicted octanol–water partition coefficient (Wildman–Crippen LogP) is 4.65. The maximum atomic E-state index is 13.2. The highest BCUT2D eigenvalue weighted by atomic mass is 35.5. The van der Waals surface area contributed by atoms with E-state index in [1.807, 2.05) is 0 Å². The van der Waals surface area contributed by atoms with E-state index < -0.39 is 21.8 Å². The molecule has 1 fully saturated rings. The number of nitrogens with zero attached hydrogens (tertiary/aromatic N) is 3. The molecule has 2 aliphatic rings. The molecule has 3 aromatic rings. The molecule has 8 nitrogen and oxygen atoms in total. The van der Waals surface area contributed by atoms with Gasteiger partial charge >= 0.3 is 6.18 Å². The largest absolute Gasteiger partial charge is 0.416 e. The zero-order valence-corrected chi connectivity index (χ0v) is 21.9. The van der Waals surface area contributed by atoms with Crippen molar-refractivity contribution in [2.75, 3.05) is 36.4 Å². The second-order valence-electron chi connectivity index (χ2n) is 9.20. The zero-order chi connectivity index (χ0) is 27.9. The van der Waals surface area contributed by atoms with E-state index in [9.17, 15) is 31.2 Å². The minimum absolute atomic E-state index is 0.0187. The number of halogens is 4. The van der Waals surface area contributed by atoms with Gasteiger partial charge in [0, 0.05) is 49.4 Å². The van der Waals surface area contributed by atoms with Crippen molar-refractivity contribution >= 4 is 44.8 Å². The fraction of sp³-hybridized carbons (Fsp3) is 0.269. The van der Waals surface area contributed by atoms with Gasteiger partial charge in [-0.05, 0) is 60.5 Å². The molecular formula is C26H22ClF3N4O4S. The molecular weight excluding hydrogens is 557 g/mol. The Hall–Kier alpha value is -3.48. The van der Waals surface area contributed by atoms with Gasteiger partial charge in [0.25, 0.3) is 5.91 Å². The first-order valence-corrected chi connectivity index (χ1v) is 13.8. The Morgan fingerprint density at radius 3 is 2.31 bits per heavy atom. The highest BCUT2D eigenvalue weighted by Gasteiger charge is 2.34. The molecule has 0 atom stereocenters. The number of anilines is 2. The van der Waals surface area contributed by atoms with Crippen LogP contribution in [-0.2, 0) is 22.6 Å². The summed E-state index contributed by atoms with van der Waals surface area (Å²) < 4.78 is 67.0. The van der Waals surface area contributed by atoms with Crippen molar-refractivity contribution in [3.8, 4) is 0 Å². The number of carbonyl (C=O) groups excluding carboxylic acids is 2. The highest BCUT2D eigenvalue weighted by Crippen LogP contribution is 2.33. The van der Waals surface area contributed by atoms with Crippen LogP contribution in [0.1, 0.15) is 38.3 Å². The van der Waals surface area contributed by atoms with Gasteiger partial charge in [0.2, 0.25) is 10.0 Å². The molecule has 0 unspecified atom stereocenters. The molecule has 2 aromatic carbocycles. The number of aromatic nitrogens is 1. The molecule has 5 rings (SSSR count). The SMILES string of the molecule is O=C(Nc1ccc(S(=O)(=O)N2CCN(c3cc(C(F)(F)F)cc(Cl)n3)CC2)cc1)c1ccc2c(c1)CCC2=O. The Bertz CT molecular complexity index is 1550. The zero-order valence-electron chi connectivity index (χ0n) is 20.3. The third-order valence-electron chi connectivity index (χ3n) is 6.71. The Balaban J connectivity index is 1.23. The van der Waals surface area contributed by atoms with Gasteiger partial charge in [-0.3, -0.25) is 9.59 Å². The summed E-state index contributed by atoms with van der Waals surface area (Å²) in [6, 6.07) is 12.3. The molecule has 1 aliphatic heterocycles. The van der Waals surface area contributed by atoms with Crippen LogP contribution in [0.4, 0.5) is 24.7 Å². The fourth-order valence-corrected chi connectivity index (χ4v) is 6.25. The summed E-state index contributed by atoms with van der Waals surface area (Å²) in [6.07, 6.45) is -3.55. The number of fused-ring (bicyclic) bond motifs is 1. The molecule has 0 saturated carbocycles. The summed E-state index contributed by atoms with van der Waals surface area (Å²) in [5, 5.41) is 2.43. The van der Waals surface area contributed by atoms with Crippen LogP contribution in [0.3, 0.4) is 0 Å². The van der Waals surface area contributed by atoms with Crippen molar-refractivity contribution in [1.29, 1.82) is 0 Å². The third-order valence-corrected chi connectivity index (χ3v) is 8.82. The standard InChI is InChI=1S/C26H22ClF3N4O4S/c27-23-14-18(26(28,29)30)15-24(32-23)33-9-11-34(12-10-33)39(37,38)20-5-3-19(4-6-20)31-25(36)17-1-7-21-16(13-17)2-8-22(21)35/h1,3-7,13-15H,2,8-12H2,(H,31,36). The van der Waals surface area contributed by atoms with Gasteiger partial charge in [-0.25, -0.2) is 13.4 Å². The van der Waals surface area contributed by atoms with Crippen molar-refractivity contribution in [1.82, 2.24) is 9.29 Å². The first kappa shape index (κ1) is 27.1. The van der Waals surface area contributed by atoms with Crippen molar-refractivity contribution in [2.45, 2.75) is 23.9 Å². The minimum Gasteiger partial charge on any atom is -0.354 e. The van der Waals surface area contributed by atoms with Crippen LogP contribution in [0, 0.1) is 0 Å². The number of amides is 1. The lowest BCUT2D eigenvalue weighted by Gasteiger charge is -2.35. The van der Waals surface area contributed by atoms with Crippen LogP contribution in [-0.4, -0.2) is 55.6 Å². The Morgan fingerprint density at radius 2 is 1.64 bits per heavy atom. The van der Waals surface area contributed by atoms with E-state index in [0.29, 0.717) is 29.7 Å². The lowest BCUT2D eigenvalue weighted by atomic mass is 10.1. The molecule has 1 aromatic heterocycles. The summed E-state index contributed by atoms with van der Waals surface area (Å²) in [7, 11) is -3.88. The first-order chi connectivity index (χ1) is 18.4. The topological polar surface area (TPSA) is 99.7 Å². The quantitative estimate of drug-likeness (QED) is 0.443. The number of alkyl halides is 3. The number of carbonyl (C=O) groups is 2. The van der Waals surface area contributed by atoms with Gasteiger partial charge in [-0.1, -0.05) is 17.7 Å². The van der Waals surface area contributed by atoms with Gasteiger partial charge in [0.05, 0.1) is 10.5 Å². The first-order valence-electron chi connectivity index (χ1n) is 12.0. The lowest BCUT2D eigenvalue weighted by molar-refractivity contribution is -0.137. The van der Waals surface area contributed by atoms with Crippen molar-refractivity contribution in [3.63, 3.8) is 0 Å². The van der Waals surface area contributed by atoms with E-state index in [4.69, 9.17) is 11.6 Å². The monoisotopic (exact) mass is 578 g/mol. The lowest BCUT2D eigenvalue weighted by Crippen LogP contribution is -2.49. The molecule has 1 amide bonds. The number of hydrogen-bond acceptors (Lipinski definition) is 6. The molecule has 0 spiro atoms. The molecule has 39 heavy (non-hydrogen) atoms. The number of piperazine rings is 1. The summed E-state index contributed by atoms with van der Waals surface area (Å²) in [5.41, 5.74) is 1.34. The Labute approximate surface area is 227 Å². The average Bonchev–Trinajstić information content (AvgIpc) is 3.28. The van der Waals surface area contributed by atoms with Crippen molar-refractivity contribution in [2.24, 2.45) is 0 Å². The number of hydrogen-bond donors (Lipinski definition) is 1. The Kier molecular flexibility index (Phi) is 7.12. The number of aryl methyl sites for hydroxylation is 1. The van der Waals surface area contributed by atoms with Crippen LogP contribution in [0.5, 0.6) is 0 Å². The molecule has 1 saturated heterocycles. The number of pyridine rings is 1. The molecule has 1 aliphatic carbocycles. The van der Waals surface area contributed by atoms with Crippen LogP contribution in [0.25, 0.3) is 0 Å².